The number of methoxy groups -OCH3 is 1. The minimum absolute atomic E-state index is 0.0737. The van der Waals surface area contributed by atoms with Gasteiger partial charge in [0.1, 0.15) is 15.2 Å². The number of nitrogens with zero attached hydrogens (tertiary/aromatic N) is 2. The molecule has 0 saturated carbocycles. The molecule has 1 aromatic heterocycles. The predicted molar refractivity (Wildman–Crippen MR) is 122 cm³/mol. The molecule has 0 radical (unpaired) electrons. The maximum absolute atomic E-state index is 12.7. The molecule has 0 unspecified atom stereocenters. The summed E-state index contributed by atoms with van der Waals surface area (Å²) >= 11 is 24.6. The van der Waals surface area contributed by atoms with E-state index in [4.69, 9.17) is 39.5 Å². The smallest absolute Gasteiger partial charge is 0.286 e. The fraction of sp³-hybridized carbons (Fsp3) is 0.0588. The lowest BCUT2D eigenvalue weighted by Gasteiger charge is -2.10. The summed E-state index contributed by atoms with van der Waals surface area (Å²) in [6.07, 6.45) is 0. The summed E-state index contributed by atoms with van der Waals surface area (Å²) in [5.74, 6) is -0.716. The number of rotatable bonds is 5. The van der Waals surface area contributed by atoms with Gasteiger partial charge in [-0.3, -0.25) is 9.36 Å². The molecule has 1 heterocycles. The first-order valence-corrected chi connectivity index (χ1v) is 12.0. The Hall–Kier alpha value is -1.30. The summed E-state index contributed by atoms with van der Waals surface area (Å²) in [7, 11) is -2.93. The maximum atomic E-state index is 12.7. The van der Waals surface area contributed by atoms with Crippen LogP contribution in [0.2, 0.25) is 15.1 Å². The van der Waals surface area contributed by atoms with Crippen LogP contribution in [-0.4, -0.2) is 31.0 Å². The van der Waals surface area contributed by atoms with Gasteiger partial charge in [0, 0.05) is 16.1 Å². The Bertz CT molecular complexity index is 1250. The third kappa shape index (κ3) is 4.79. The van der Waals surface area contributed by atoms with Crippen molar-refractivity contribution in [3.63, 3.8) is 0 Å². The van der Waals surface area contributed by atoms with E-state index in [9.17, 15) is 13.2 Å². The van der Waals surface area contributed by atoms with Crippen molar-refractivity contribution < 1.29 is 17.9 Å². The quantitative estimate of drug-likeness (QED) is 0.409. The van der Waals surface area contributed by atoms with Crippen LogP contribution < -0.4 is 9.46 Å². The number of imidazole rings is 1. The number of carbonyl (C=O) groups excluding carboxylic acids is 1. The van der Waals surface area contributed by atoms with Crippen LogP contribution >= 0.6 is 66.7 Å². The van der Waals surface area contributed by atoms with Crippen molar-refractivity contribution in [1.29, 1.82) is 0 Å². The molecule has 0 atom stereocenters. The highest BCUT2D eigenvalue weighted by Gasteiger charge is 2.27. The molecule has 7 nitrogen and oxygen atoms in total. The number of carbonyl (C=O) groups is 1. The second-order valence-electron chi connectivity index (χ2n) is 5.71. The van der Waals surface area contributed by atoms with Crippen molar-refractivity contribution in [2.75, 3.05) is 7.11 Å². The van der Waals surface area contributed by atoms with Crippen LogP contribution in [0.5, 0.6) is 5.75 Å². The third-order valence-electron chi connectivity index (χ3n) is 3.76. The molecule has 0 aliphatic carbocycles. The highest BCUT2D eigenvalue weighted by Crippen LogP contribution is 2.31. The van der Waals surface area contributed by atoms with E-state index < -0.39 is 15.9 Å². The van der Waals surface area contributed by atoms with Gasteiger partial charge in [0.25, 0.3) is 15.9 Å². The molecule has 1 N–H and O–H groups in total. The number of benzene rings is 2. The molecule has 158 valence electrons. The second-order valence-corrected chi connectivity index (χ2v) is 10.1. The van der Waals surface area contributed by atoms with E-state index in [1.54, 1.807) is 18.2 Å². The molecule has 0 fully saturated rings. The van der Waals surface area contributed by atoms with Crippen molar-refractivity contribution in [2.45, 2.75) is 4.90 Å². The molecule has 13 heteroatoms. The largest absolute Gasteiger partial charge is 0.497 e. The van der Waals surface area contributed by atoms with Crippen LogP contribution in [0.1, 0.15) is 10.5 Å². The molecular formula is C17H10Br2Cl3N3O4S. The van der Waals surface area contributed by atoms with Crippen LogP contribution in [0.4, 0.5) is 0 Å². The Morgan fingerprint density at radius 3 is 2.33 bits per heavy atom. The first-order valence-electron chi connectivity index (χ1n) is 7.84. The number of hydrogen-bond donors (Lipinski definition) is 1. The Kier molecular flexibility index (Phi) is 7.05. The lowest BCUT2D eigenvalue weighted by molar-refractivity contribution is 0.0976. The van der Waals surface area contributed by atoms with Gasteiger partial charge in [0.15, 0.2) is 10.4 Å². The van der Waals surface area contributed by atoms with Crippen molar-refractivity contribution in [3.05, 3.63) is 66.5 Å². The van der Waals surface area contributed by atoms with Gasteiger partial charge in [-0.05, 0) is 62.2 Å². The first-order chi connectivity index (χ1) is 14.0. The summed E-state index contributed by atoms with van der Waals surface area (Å²) in [6, 6.07) is 8.79. The van der Waals surface area contributed by atoms with Gasteiger partial charge < -0.3 is 4.74 Å². The zero-order valence-corrected chi connectivity index (χ0v) is 21.0. The zero-order chi connectivity index (χ0) is 22.2. The fourth-order valence-corrected chi connectivity index (χ4v) is 5.87. The van der Waals surface area contributed by atoms with Gasteiger partial charge in [-0.1, -0.05) is 34.8 Å². The van der Waals surface area contributed by atoms with Crippen molar-refractivity contribution in [1.82, 2.24) is 14.3 Å². The van der Waals surface area contributed by atoms with Gasteiger partial charge in [-0.15, -0.1) is 0 Å². The number of ether oxygens (including phenoxy) is 1. The highest BCUT2D eigenvalue weighted by atomic mass is 79.9. The van der Waals surface area contributed by atoms with Crippen LogP contribution in [-0.2, 0) is 10.0 Å². The van der Waals surface area contributed by atoms with Crippen LogP contribution in [0.25, 0.3) is 5.69 Å². The zero-order valence-electron chi connectivity index (χ0n) is 14.8. The van der Waals surface area contributed by atoms with E-state index in [0.717, 1.165) is 0 Å². The number of aromatic nitrogens is 2. The lowest BCUT2D eigenvalue weighted by Crippen LogP contribution is -2.31. The maximum Gasteiger partial charge on any atom is 0.286 e. The number of nitrogens with one attached hydrogen (secondary N) is 1. The number of amides is 1. The molecular weight excluding hydrogens is 608 g/mol. The molecule has 0 bridgehead atoms. The number of halogens is 5. The average Bonchev–Trinajstić information content (AvgIpc) is 2.95. The molecule has 3 aromatic rings. The minimum atomic E-state index is -4.31. The molecule has 0 aliphatic rings. The van der Waals surface area contributed by atoms with Crippen LogP contribution in [0, 0.1) is 0 Å². The van der Waals surface area contributed by atoms with Gasteiger partial charge in [-0.25, -0.2) is 18.1 Å². The Morgan fingerprint density at radius 2 is 1.73 bits per heavy atom. The molecule has 0 saturated heterocycles. The van der Waals surface area contributed by atoms with Crippen molar-refractivity contribution in [3.8, 4) is 11.4 Å². The highest BCUT2D eigenvalue weighted by molar-refractivity contribution is 9.11. The number of hydrogen-bond acceptors (Lipinski definition) is 5. The lowest BCUT2D eigenvalue weighted by atomic mass is 10.3. The minimum Gasteiger partial charge on any atom is -0.497 e. The summed E-state index contributed by atoms with van der Waals surface area (Å²) in [5, 5.41) is 0.660. The molecule has 0 aliphatic heterocycles. The van der Waals surface area contributed by atoms with Crippen molar-refractivity contribution in [2.24, 2.45) is 0 Å². The Labute approximate surface area is 203 Å². The summed E-state index contributed by atoms with van der Waals surface area (Å²) in [5.41, 5.74) is 0.303. The van der Waals surface area contributed by atoms with Crippen molar-refractivity contribution >= 4 is 82.6 Å². The third-order valence-corrected chi connectivity index (χ3v) is 7.27. The normalized spacial score (nSPS) is 11.4. The Balaban J connectivity index is 1.99. The molecule has 1 amide bonds. The summed E-state index contributed by atoms with van der Waals surface area (Å²) in [6.45, 7) is 0. The van der Waals surface area contributed by atoms with Crippen LogP contribution in [0.15, 0.2) is 50.6 Å². The standard InChI is InChI=1S/C17H10Br2Cl3N3O4S/c1-29-11-2-3-12(22)13(7-11)30(27,28)24-16(26)14-15(18)25(17(19)23-14)10-5-8(20)4-9(21)6-10/h2-7H,1H3,(H,24,26). The Morgan fingerprint density at radius 1 is 1.10 bits per heavy atom. The van der Waals surface area contributed by atoms with E-state index in [0.29, 0.717) is 15.7 Å². The average molecular weight is 619 g/mol. The van der Waals surface area contributed by atoms with Gasteiger partial charge in [0.2, 0.25) is 0 Å². The molecule has 2 aromatic carbocycles. The van der Waals surface area contributed by atoms with Gasteiger partial charge in [0.05, 0.1) is 17.8 Å². The van der Waals surface area contributed by atoms with Gasteiger partial charge >= 0.3 is 0 Å². The molecule has 0 spiro atoms. The van der Waals surface area contributed by atoms with E-state index in [2.05, 4.69) is 36.8 Å². The molecule has 3 rings (SSSR count). The van der Waals surface area contributed by atoms with E-state index in [-0.39, 0.29) is 30.7 Å². The van der Waals surface area contributed by atoms with Gasteiger partial charge in [-0.2, -0.15) is 0 Å². The van der Waals surface area contributed by atoms with E-state index >= 15 is 0 Å². The fourth-order valence-electron chi connectivity index (χ4n) is 2.45. The molecule has 30 heavy (non-hydrogen) atoms. The summed E-state index contributed by atoms with van der Waals surface area (Å²) in [4.78, 5) is 16.5. The van der Waals surface area contributed by atoms with E-state index in [1.165, 1.54) is 29.9 Å². The topological polar surface area (TPSA) is 90.3 Å². The summed E-state index contributed by atoms with van der Waals surface area (Å²) < 4.78 is 34.2. The van der Waals surface area contributed by atoms with Crippen LogP contribution in [0.3, 0.4) is 0 Å². The first kappa shape index (κ1) is 23.4. The predicted octanol–water partition coefficient (Wildman–Crippen LogP) is 5.48. The number of sulfonamides is 1. The second kappa shape index (κ2) is 9.05. The monoisotopic (exact) mass is 615 g/mol. The SMILES string of the molecule is COc1ccc(Cl)c(S(=O)(=O)NC(=O)c2nc(Br)n(-c3cc(Cl)cc(Cl)c3)c2Br)c1. The van der Waals surface area contributed by atoms with E-state index in [1.807, 2.05) is 4.72 Å².